The molecule has 0 radical (unpaired) electrons. The minimum Gasteiger partial charge on any atom is -0.253 e. The number of halogens is 4. The van der Waals surface area contributed by atoms with Crippen LogP contribution in [0.3, 0.4) is 0 Å². The molecule has 88 valence electrons. The minimum absolute atomic E-state index is 0.0552. The summed E-state index contributed by atoms with van der Waals surface area (Å²) in [6, 6.07) is 4.33. The van der Waals surface area contributed by atoms with Crippen molar-refractivity contribution >= 4 is 15.9 Å². The summed E-state index contributed by atoms with van der Waals surface area (Å²) in [6.07, 6.45) is 1.40. The minimum atomic E-state index is -0.759. The second-order valence-electron chi connectivity index (χ2n) is 3.42. The molecule has 0 aliphatic heterocycles. The fourth-order valence-electron chi connectivity index (χ4n) is 1.48. The van der Waals surface area contributed by atoms with E-state index in [9.17, 15) is 13.2 Å². The van der Waals surface area contributed by atoms with Crippen molar-refractivity contribution in [3.63, 3.8) is 0 Å². The average Bonchev–Trinajstić information content (AvgIpc) is 2.28. The molecule has 2 rings (SSSR count). The van der Waals surface area contributed by atoms with Crippen molar-refractivity contribution in [2.24, 2.45) is 0 Å². The summed E-state index contributed by atoms with van der Waals surface area (Å²) in [4.78, 5) is 3.81. The van der Waals surface area contributed by atoms with Crippen molar-refractivity contribution in [2.45, 2.75) is 5.33 Å². The normalized spacial score (nSPS) is 10.6. The number of nitrogens with zero attached hydrogens (tertiary/aromatic N) is 1. The van der Waals surface area contributed by atoms with Crippen LogP contribution >= 0.6 is 15.9 Å². The molecular formula is C12H7BrF3N. The lowest BCUT2D eigenvalue weighted by molar-refractivity contribution is 0.582. The first kappa shape index (κ1) is 12.1. The Morgan fingerprint density at radius 2 is 1.71 bits per heavy atom. The quantitative estimate of drug-likeness (QED) is 0.762. The number of hydrogen-bond acceptors (Lipinski definition) is 1. The number of pyridine rings is 1. The lowest BCUT2D eigenvalue weighted by Gasteiger charge is -2.06. The highest BCUT2D eigenvalue weighted by Gasteiger charge is 2.12. The Labute approximate surface area is 104 Å². The number of alkyl halides is 1. The molecule has 0 spiro atoms. The summed E-state index contributed by atoms with van der Waals surface area (Å²) in [5, 5.41) is 0.312. The van der Waals surface area contributed by atoms with E-state index in [2.05, 4.69) is 20.9 Å². The predicted octanol–water partition coefficient (Wildman–Crippen LogP) is 4.06. The summed E-state index contributed by atoms with van der Waals surface area (Å²) in [5.74, 6) is -2.09. The van der Waals surface area contributed by atoms with Gasteiger partial charge in [0, 0.05) is 28.7 Å². The van der Waals surface area contributed by atoms with E-state index < -0.39 is 17.5 Å². The van der Waals surface area contributed by atoms with Gasteiger partial charge >= 0.3 is 0 Å². The standard InChI is InChI=1S/C12H7BrF3N/c13-6-7-1-2-17-12(11(7)16)8-3-9(14)5-10(15)4-8/h1-5H,6H2. The molecule has 0 N–H and O–H groups in total. The fraction of sp³-hybridized carbons (Fsp3) is 0.0833. The predicted molar refractivity (Wildman–Crippen MR) is 62.2 cm³/mol. The van der Waals surface area contributed by atoms with Gasteiger partial charge in [-0.05, 0) is 18.2 Å². The topological polar surface area (TPSA) is 12.9 Å². The van der Waals surface area contributed by atoms with Gasteiger partial charge in [-0.15, -0.1) is 0 Å². The Morgan fingerprint density at radius 3 is 2.29 bits per heavy atom. The summed E-state index contributed by atoms with van der Waals surface area (Å²) in [6.45, 7) is 0. The Bertz CT molecular complexity index is 537. The summed E-state index contributed by atoms with van der Waals surface area (Å²) < 4.78 is 39.9. The van der Waals surface area contributed by atoms with Crippen LogP contribution in [0.1, 0.15) is 5.56 Å². The van der Waals surface area contributed by atoms with Gasteiger partial charge in [0.25, 0.3) is 0 Å². The molecule has 0 aliphatic carbocycles. The molecule has 1 nitrogen and oxygen atoms in total. The van der Waals surface area contributed by atoms with Crippen LogP contribution in [0.15, 0.2) is 30.5 Å². The average molecular weight is 302 g/mol. The molecular weight excluding hydrogens is 295 g/mol. The van der Waals surface area contributed by atoms with Gasteiger partial charge in [-0.3, -0.25) is 4.98 Å². The monoisotopic (exact) mass is 301 g/mol. The van der Waals surface area contributed by atoms with Crippen molar-refractivity contribution in [3.05, 3.63) is 53.5 Å². The summed E-state index contributed by atoms with van der Waals surface area (Å²) in [5.41, 5.74) is 0.419. The van der Waals surface area contributed by atoms with Crippen LogP contribution < -0.4 is 0 Å². The molecule has 0 atom stereocenters. The van der Waals surface area contributed by atoms with Crippen LogP contribution in [-0.4, -0.2) is 4.98 Å². The molecule has 0 fully saturated rings. The molecule has 0 amide bonds. The lowest BCUT2D eigenvalue weighted by atomic mass is 10.1. The van der Waals surface area contributed by atoms with Gasteiger partial charge in [-0.1, -0.05) is 15.9 Å². The molecule has 1 heterocycles. The maximum absolute atomic E-state index is 13.9. The van der Waals surface area contributed by atoms with Crippen LogP contribution in [0, 0.1) is 17.5 Å². The van der Waals surface area contributed by atoms with E-state index in [1.165, 1.54) is 12.3 Å². The van der Waals surface area contributed by atoms with E-state index in [0.29, 0.717) is 10.9 Å². The number of aromatic nitrogens is 1. The van der Waals surface area contributed by atoms with E-state index in [0.717, 1.165) is 18.2 Å². The second-order valence-corrected chi connectivity index (χ2v) is 3.99. The first-order valence-electron chi connectivity index (χ1n) is 4.77. The van der Waals surface area contributed by atoms with Gasteiger partial charge in [-0.25, -0.2) is 13.2 Å². The molecule has 0 saturated heterocycles. The van der Waals surface area contributed by atoms with Crippen molar-refractivity contribution in [1.29, 1.82) is 0 Å². The van der Waals surface area contributed by atoms with Crippen molar-refractivity contribution in [2.75, 3.05) is 0 Å². The van der Waals surface area contributed by atoms with E-state index in [4.69, 9.17) is 0 Å². The Hall–Kier alpha value is -1.36. The highest BCUT2D eigenvalue weighted by atomic mass is 79.9. The maximum atomic E-state index is 13.9. The van der Waals surface area contributed by atoms with Crippen molar-refractivity contribution < 1.29 is 13.2 Å². The highest BCUT2D eigenvalue weighted by molar-refractivity contribution is 9.08. The van der Waals surface area contributed by atoms with Gasteiger partial charge in [0.05, 0.1) is 0 Å². The van der Waals surface area contributed by atoms with Crippen LogP contribution in [-0.2, 0) is 5.33 Å². The van der Waals surface area contributed by atoms with E-state index in [1.807, 2.05) is 0 Å². The summed E-state index contributed by atoms with van der Waals surface area (Å²) >= 11 is 3.13. The van der Waals surface area contributed by atoms with E-state index >= 15 is 0 Å². The van der Waals surface area contributed by atoms with E-state index in [1.54, 1.807) is 0 Å². The van der Waals surface area contributed by atoms with Crippen molar-refractivity contribution in [3.8, 4) is 11.3 Å². The highest BCUT2D eigenvalue weighted by Crippen LogP contribution is 2.25. The Morgan fingerprint density at radius 1 is 1.06 bits per heavy atom. The van der Waals surface area contributed by atoms with Gasteiger partial charge in [0.15, 0.2) is 5.82 Å². The summed E-state index contributed by atoms with van der Waals surface area (Å²) in [7, 11) is 0. The van der Waals surface area contributed by atoms with Crippen LogP contribution in [0.5, 0.6) is 0 Å². The SMILES string of the molecule is Fc1cc(F)cc(-c2nccc(CBr)c2F)c1. The third-order valence-electron chi connectivity index (χ3n) is 2.25. The Kier molecular flexibility index (Phi) is 3.47. The van der Waals surface area contributed by atoms with Gasteiger partial charge in [0.1, 0.15) is 17.3 Å². The molecule has 0 saturated carbocycles. The number of benzene rings is 1. The zero-order valence-electron chi connectivity index (χ0n) is 8.55. The molecule has 1 aromatic heterocycles. The van der Waals surface area contributed by atoms with Crippen molar-refractivity contribution in [1.82, 2.24) is 4.98 Å². The Balaban J connectivity index is 2.60. The number of hydrogen-bond donors (Lipinski definition) is 0. The first-order chi connectivity index (χ1) is 8.11. The second kappa shape index (κ2) is 4.87. The third-order valence-corrected chi connectivity index (χ3v) is 2.85. The zero-order valence-corrected chi connectivity index (χ0v) is 10.1. The molecule has 2 aromatic rings. The molecule has 1 aromatic carbocycles. The molecule has 0 unspecified atom stereocenters. The third kappa shape index (κ3) is 2.49. The smallest absolute Gasteiger partial charge is 0.153 e. The molecule has 0 bridgehead atoms. The first-order valence-corrected chi connectivity index (χ1v) is 5.90. The van der Waals surface area contributed by atoms with E-state index in [-0.39, 0.29) is 11.3 Å². The molecule has 5 heteroatoms. The largest absolute Gasteiger partial charge is 0.253 e. The zero-order chi connectivity index (χ0) is 12.4. The maximum Gasteiger partial charge on any atom is 0.153 e. The number of rotatable bonds is 2. The fourth-order valence-corrected chi connectivity index (χ4v) is 1.91. The van der Waals surface area contributed by atoms with Gasteiger partial charge in [0.2, 0.25) is 0 Å². The van der Waals surface area contributed by atoms with Crippen LogP contribution in [0.4, 0.5) is 13.2 Å². The molecule has 0 aliphatic rings. The lowest BCUT2D eigenvalue weighted by Crippen LogP contribution is -1.95. The molecule has 17 heavy (non-hydrogen) atoms. The van der Waals surface area contributed by atoms with Crippen LogP contribution in [0.25, 0.3) is 11.3 Å². The van der Waals surface area contributed by atoms with Gasteiger partial charge < -0.3 is 0 Å². The van der Waals surface area contributed by atoms with Gasteiger partial charge in [-0.2, -0.15) is 0 Å². The van der Waals surface area contributed by atoms with Crippen LogP contribution in [0.2, 0.25) is 0 Å².